The number of nitrogens with zero attached hydrogens (tertiary/aromatic N) is 4. The topological polar surface area (TPSA) is 76.9 Å². The molecule has 0 radical (unpaired) electrons. The van der Waals surface area contributed by atoms with Crippen LogP contribution in [-0.4, -0.2) is 69.8 Å². The standard InChI is InChI=1S/C26H36N4O4/c1-4-33-26(32)23-10-5-6-13-30(23)18-20-8-7-9-22(17-20)34-21-11-14-29(15-12-21)25(31)24-16-19(2)27-28(24)3/h7-9,16-17,21,23H,4-6,10-15,18H2,1-3H3/t23-/m1/s1. The van der Waals surface area contributed by atoms with Crippen LogP contribution in [-0.2, 0) is 23.1 Å². The number of hydrogen-bond donors (Lipinski definition) is 0. The van der Waals surface area contributed by atoms with Crippen LogP contribution in [0.2, 0.25) is 0 Å². The molecular formula is C26H36N4O4. The van der Waals surface area contributed by atoms with Crippen molar-refractivity contribution in [3.8, 4) is 5.75 Å². The van der Waals surface area contributed by atoms with Gasteiger partial charge in [0.2, 0.25) is 0 Å². The number of amides is 1. The quantitative estimate of drug-likeness (QED) is 0.580. The number of likely N-dealkylation sites (tertiary alicyclic amines) is 2. The van der Waals surface area contributed by atoms with E-state index in [9.17, 15) is 9.59 Å². The fraction of sp³-hybridized carbons (Fsp3) is 0.577. The Morgan fingerprint density at radius 2 is 1.88 bits per heavy atom. The van der Waals surface area contributed by atoms with Crippen molar-refractivity contribution in [1.82, 2.24) is 19.6 Å². The van der Waals surface area contributed by atoms with Crippen molar-refractivity contribution in [2.45, 2.75) is 64.6 Å². The van der Waals surface area contributed by atoms with Crippen molar-refractivity contribution >= 4 is 11.9 Å². The van der Waals surface area contributed by atoms with Gasteiger partial charge in [-0.1, -0.05) is 18.6 Å². The molecule has 1 aromatic carbocycles. The highest BCUT2D eigenvalue weighted by Gasteiger charge is 2.30. The van der Waals surface area contributed by atoms with Crippen molar-refractivity contribution in [3.05, 3.63) is 47.3 Å². The third-order valence-electron chi connectivity index (χ3n) is 6.71. The summed E-state index contributed by atoms with van der Waals surface area (Å²) in [5.41, 5.74) is 2.61. The molecule has 8 heteroatoms. The Labute approximate surface area is 201 Å². The molecule has 8 nitrogen and oxygen atoms in total. The van der Waals surface area contributed by atoms with Gasteiger partial charge < -0.3 is 14.4 Å². The average Bonchev–Trinajstić information content (AvgIpc) is 3.17. The van der Waals surface area contributed by atoms with Crippen LogP contribution in [0.1, 0.15) is 60.8 Å². The Hall–Kier alpha value is -2.87. The number of aryl methyl sites for hydroxylation is 2. The lowest BCUT2D eigenvalue weighted by molar-refractivity contribution is -0.151. The summed E-state index contributed by atoms with van der Waals surface area (Å²) in [6.07, 6.45) is 4.68. The van der Waals surface area contributed by atoms with Crippen molar-refractivity contribution in [2.24, 2.45) is 7.05 Å². The fourth-order valence-corrected chi connectivity index (χ4v) is 4.98. The Morgan fingerprint density at radius 1 is 1.09 bits per heavy atom. The molecule has 3 heterocycles. The van der Waals surface area contributed by atoms with Gasteiger partial charge in [0, 0.05) is 39.5 Å². The van der Waals surface area contributed by atoms with Crippen molar-refractivity contribution in [1.29, 1.82) is 0 Å². The lowest BCUT2D eigenvalue weighted by Crippen LogP contribution is -2.44. The number of piperidine rings is 2. The van der Waals surface area contributed by atoms with Crippen LogP contribution in [0, 0.1) is 6.92 Å². The summed E-state index contributed by atoms with van der Waals surface area (Å²) in [7, 11) is 1.81. The first kappa shape index (κ1) is 24.3. The summed E-state index contributed by atoms with van der Waals surface area (Å²) in [5, 5.41) is 4.29. The van der Waals surface area contributed by atoms with Crippen LogP contribution in [0.25, 0.3) is 0 Å². The second kappa shape index (κ2) is 11.0. The Kier molecular flexibility index (Phi) is 7.88. The van der Waals surface area contributed by atoms with Gasteiger partial charge in [0.1, 0.15) is 23.6 Å². The molecule has 0 N–H and O–H groups in total. The van der Waals surface area contributed by atoms with E-state index in [1.165, 1.54) is 0 Å². The first-order valence-corrected chi connectivity index (χ1v) is 12.4. The maximum atomic E-state index is 12.8. The molecule has 0 spiro atoms. The number of hydrogen-bond acceptors (Lipinski definition) is 6. The van der Waals surface area contributed by atoms with E-state index in [0.29, 0.717) is 31.9 Å². The van der Waals surface area contributed by atoms with Crippen LogP contribution in [0.5, 0.6) is 5.75 Å². The molecule has 2 aromatic rings. The van der Waals surface area contributed by atoms with Gasteiger partial charge >= 0.3 is 5.97 Å². The van der Waals surface area contributed by atoms with E-state index in [1.807, 2.05) is 44.0 Å². The van der Waals surface area contributed by atoms with Gasteiger partial charge in [-0.25, -0.2) is 0 Å². The molecule has 1 atom stereocenters. The highest BCUT2D eigenvalue weighted by atomic mass is 16.5. The van der Waals surface area contributed by atoms with Gasteiger partial charge in [-0.05, 0) is 57.0 Å². The molecule has 34 heavy (non-hydrogen) atoms. The molecule has 184 valence electrons. The maximum Gasteiger partial charge on any atom is 0.323 e. The maximum absolute atomic E-state index is 12.8. The van der Waals surface area contributed by atoms with Gasteiger partial charge in [0.25, 0.3) is 5.91 Å². The summed E-state index contributed by atoms with van der Waals surface area (Å²) in [6, 6.07) is 9.83. The summed E-state index contributed by atoms with van der Waals surface area (Å²) in [5.74, 6) is 0.757. The lowest BCUT2D eigenvalue weighted by Gasteiger charge is -2.34. The van der Waals surface area contributed by atoms with Crippen LogP contribution < -0.4 is 4.74 Å². The second-order valence-corrected chi connectivity index (χ2v) is 9.29. The molecule has 0 aliphatic carbocycles. The van der Waals surface area contributed by atoms with E-state index in [1.54, 1.807) is 4.68 Å². The third kappa shape index (κ3) is 5.78. The number of esters is 1. The van der Waals surface area contributed by atoms with E-state index in [4.69, 9.17) is 9.47 Å². The van der Waals surface area contributed by atoms with Crippen molar-refractivity contribution < 1.29 is 19.1 Å². The molecule has 0 bridgehead atoms. The number of rotatable bonds is 7. The van der Waals surface area contributed by atoms with Crippen LogP contribution in [0.3, 0.4) is 0 Å². The number of aromatic nitrogens is 2. The zero-order valence-electron chi connectivity index (χ0n) is 20.5. The predicted molar refractivity (Wildman–Crippen MR) is 129 cm³/mol. The Morgan fingerprint density at radius 3 is 2.59 bits per heavy atom. The van der Waals surface area contributed by atoms with E-state index in [2.05, 4.69) is 22.1 Å². The second-order valence-electron chi connectivity index (χ2n) is 9.29. The van der Waals surface area contributed by atoms with E-state index in [0.717, 1.165) is 55.7 Å². The number of carbonyl (C=O) groups is 2. The van der Waals surface area contributed by atoms with Gasteiger partial charge in [0.05, 0.1) is 12.3 Å². The third-order valence-corrected chi connectivity index (χ3v) is 6.71. The number of carbonyl (C=O) groups excluding carboxylic acids is 2. The highest BCUT2D eigenvalue weighted by Crippen LogP contribution is 2.25. The summed E-state index contributed by atoms with van der Waals surface area (Å²) < 4.78 is 13.2. The van der Waals surface area contributed by atoms with Crippen molar-refractivity contribution in [2.75, 3.05) is 26.2 Å². The van der Waals surface area contributed by atoms with Crippen LogP contribution in [0.15, 0.2) is 30.3 Å². The normalized spacial score (nSPS) is 19.7. The van der Waals surface area contributed by atoms with E-state index < -0.39 is 0 Å². The first-order valence-electron chi connectivity index (χ1n) is 12.4. The molecule has 1 aromatic heterocycles. The zero-order chi connectivity index (χ0) is 24.1. The SMILES string of the molecule is CCOC(=O)[C@H]1CCCCN1Cc1cccc(OC2CCN(C(=O)c3cc(C)nn3C)CC2)c1. The fourth-order valence-electron chi connectivity index (χ4n) is 4.98. The minimum absolute atomic E-state index is 0.0289. The van der Waals surface area contributed by atoms with Crippen LogP contribution in [0.4, 0.5) is 0 Å². The summed E-state index contributed by atoms with van der Waals surface area (Å²) in [6.45, 7) is 7.11. The van der Waals surface area contributed by atoms with Gasteiger partial charge in [-0.15, -0.1) is 0 Å². The molecule has 0 unspecified atom stereocenters. The Bertz CT molecular complexity index is 996. The van der Waals surface area contributed by atoms with Gasteiger partial charge in [0.15, 0.2) is 0 Å². The lowest BCUT2D eigenvalue weighted by atomic mass is 10.0. The summed E-state index contributed by atoms with van der Waals surface area (Å²) in [4.78, 5) is 29.3. The predicted octanol–water partition coefficient (Wildman–Crippen LogP) is 3.33. The molecule has 2 fully saturated rings. The molecule has 2 aliphatic rings. The largest absolute Gasteiger partial charge is 0.490 e. The van der Waals surface area contributed by atoms with E-state index >= 15 is 0 Å². The number of benzene rings is 1. The number of ether oxygens (including phenoxy) is 2. The first-order chi connectivity index (χ1) is 16.4. The minimum atomic E-state index is -0.164. The minimum Gasteiger partial charge on any atom is -0.490 e. The Balaban J connectivity index is 1.32. The molecule has 0 saturated carbocycles. The van der Waals surface area contributed by atoms with E-state index in [-0.39, 0.29) is 24.0 Å². The van der Waals surface area contributed by atoms with Crippen LogP contribution >= 0.6 is 0 Å². The molecule has 2 aliphatic heterocycles. The highest BCUT2D eigenvalue weighted by molar-refractivity contribution is 5.92. The van der Waals surface area contributed by atoms with Gasteiger partial charge in [-0.2, -0.15) is 5.10 Å². The summed E-state index contributed by atoms with van der Waals surface area (Å²) >= 11 is 0. The average molecular weight is 469 g/mol. The molecular weight excluding hydrogens is 432 g/mol. The molecule has 2 saturated heterocycles. The van der Waals surface area contributed by atoms with Gasteiger partial charge in [-0.3, -0.25) is 19.2 Å². The smallest absolute Gasteiger partial charge is 0.323 e. The molecule has 4 rings (SSSR count). The monoisotopic (exact) mass is 468 g/mol. The zero-order valence-corrected chi connectivity index (χ0v) is 20.5. The van der Waals surface area contributed by atoms with Crippen molar-refractivity contribution in [3.63, 3.8) is 0 Å². The molecule has 1 amide bonds.